The molecule has 0 radical (unpaired) electrons. The molecule has 1 heterocycles. The smallest absolute Gasteiger partial charge is 0.224 e. The Morgan fingerprint density at radius 1 is 1.21 bits per heavy atom. The fourth-order valence-corrected chi connectivity index (χ4v) is 2.66. The first-order valence-electron chi connectivity index (χ1n) is 7.67. The molecule has 2 aromatic rings. The zero-order valence-electron chi connectivity index (χ0n) is 13.3. The summed E-state index contributed by atoms with van der Waals surface area (Å²) in [4.78, 5) is 12.2. The molecule has 1 aliphatic rings. The van der Waals surface area contributed by atoms with Gasteiger partial charge in [0, 0.05) is 18.6 Å². The average Bonchev–Trinajstić information content (AvgIpc) is 2.61. The Labute approximate surface area is 145 Å². The van der Waals surface area contributed by atoms with E-state index in [-0.39, 0.29) is 5.91 Å². The predicted octanol–water partition coefficient (Wildman–Crippen LogP) is 3.69. The largest absolute Gasteiger partial charge is 0.497 e. The lowest BCUT2D eigenvalue weighted by molar-refractivity contribution is -0.116. The van der Waals surface area contributed by atoms with Crippen molar-refractivity contribution < 1.29 is 19.0 Å². The van der Waals surface area contributed by atoms with Crippen LogP contribution in [0.3, 0.4) is 0 Å². The Balaban J connectivity index is 1.62. The maximum Gasteiger partial charge on any atom is 0.224 e. The zero-order chi connectivity index (χ0) is 16.9. The Bertz CT molecular complexity index is 748. The second-order valence-corrected chi connectivity index (χ2v) is 5.78. The van der Waals surface area contributed by atoms with Gasteiger partial charge < -0.3 is 19.5 Å². The van der Waals surface area contributed by atoms with Gasteiger partial charge in [0.2, 0.25) is 5.91 Å². The fourth-order valence-electron chi connectivity index (χ4n) is 2.46. The number of benzene rings is 2. The van der Waals surface area contributed by atoms with Gasteiger partial charge in [-0.25, -0.2) is 0 Å². The Morgan fingerprint density at radius 2 is 1.96 bits per heavy atom. The highest BCUT2D eigenvalue weighted by atomic mass is 35.5. The minimum atomic E-state index is -0.114. The van der Waals surface area contributed by atoms with Crippen LogP contribution in [-0.2, 0) is 11.2 Å². The second-order valence-electron chi connectivity index (χ2n) is 5.38. The van der Waals surface area contributed by atoms with Crippen LogP contribution in [0.4, 0.5) is 5.69 Å². The van der Waals surface area contributed by atoms with Crippen LogP contribution in [0.2, 0.25) is 5.02 Å². The summed E-state index contributed by atoms with van der Waals surface area (Å²) in [5.74, 6) is 1.86. The first-order valence-corrected chi connectivity index (χ1v) is 8.05. The summed E-state index contributed by atoms with van der Waals surface area (Å²) in [5, 5.41) is 3.25. The molecule has 0 aromatic heterocycles. The summed E-state index contributed by atoms with van der Waals surface area (Å²) in [5.41, 5.74) is 1.56. The number of hydrogen-bond acceptors (Lipinski definition) is 4. The number of aryl methyl sites for hydroxylation is 1. The summed E-state index contributed by atoms with van der Waals surface area (Å²) in [7, 11) is 1.62. The van der Waals surface area contributed by atoms with Gasteiger partial charge in [0.15, 0.2) is 11.5 Å². The highest BCUT2D eigenvalue weighted by Crippen LogP contribution is 2.38. The molecule has 0 saturated heterocycles. The summed E-state index contributed by atoms with van der Waals surface area (Å²) >= 11 is 6.20. The molecular formula is C18H18ClNO4. The third-order valence-corrected chi connectivity index (χ3v) is 3.99. The average molecular weight is 348 g/mol. The Kier molecular flexibility index (Phi) is 5.11. The van der Waals surface area contributed by atoms with Crippen molar-refractivity contribution in [2.24, 2.45) is 0 Å². The lowest BCUT2D eigenvalue weighted by Gasteiger charge is -2.20. The molecule has 0 unspecified atom stereocenters. The summed E-state index contributed by atoms with van der Waals surface area (Å²) in [6.07, 6.45) is 0.961. The molecule has 0 saturated carbocycles. The van der Waals surface area contributed by atoms with E-state index in [1.807, 2.05) is 24.3 Å². The highest BCUT2D eigenvalue weighted by Gasteiger charge is 2.16. The van der Waals surface area contributed by atoms with Crippen LogP contribution in [0.1, 0.15) is 12.0 Å². The molecule has 24 heavy (non-hydrogen) atoms. The van der Waals surface area contributed by atoms with Crippen LogP contribution < -0.4 is 19.5 Å². The standard InChI is InChI=1S/C18H18ClNO4/c1-22-13-4-2-3-12(9-13)5-6-18(21)20-15-11-17-16(10-14(15)19)23-7-8-24-17/h2-4,9-11H,5-8H2,1H3,(H,20,21). The van der Waals surface area contributed by atoms with Crippen LogP contribution in [0.15, 0.2) is 36.4 Å². The van der Waals surface area contributed by atoms with Crippen molar-refractivity contribution in [3.05, 3.63) is 47.0 Å². The topological polar surface area (TPSA) is 56.8 Å². The van der Waals surface area contributed by atoms with E-state index in [0.29, 0.717) is 48.3 Å². The summed E-state index contributed by atoms with van der Waals surface area (Å²) in [6.45, 7) is 0.980. The molecule has 1 N–H and O–H groups in total. The highest BCUT2D eigenvalue weighted by molar-refractivity contribution is 6.34. The SMILES string of the molecule is COc1cccc(CCC(=O)Nc2cc3c(cc2Cl)OCCO3)c1. The van der Waals surface area contributed by atoms with Crippen molar-refractivity contribution >= 4 is 23.2 Å². The van der Waals surface area contributed by atoms with Crippen molar-refractivity contribution in [2.45, 2.75) is 12.8 Å². The molecule has 2 aromatic carbocycles. The van der Waals surface area contributed by atoms with Gasteiger partial charge in [0.05, 0.1) is 17.8 Å². The number of carbonyl (C=O) groups is 1. The van der Waals surface area contributed by atoms with Gasteiger partial charge in [0.25, 0.3) is 0 Å². The number of fused-ring (bicyclic) bond motifs is 1. The molecule has 0 atom stereocenters. The molecule has 1 aliphatic heterocycles. The number of methoxy groups -OCH3 is 1. The lowest BCUT2D eigenvalue weighted by Crippen LogP contribution is -2.17. The van der Waals surface area contributed by atoms with Gasteiger partial charge >= 0.3 is 0 Å². The monoisotopic (exact) mass is 347 g/mol. The molecule has 0 bridgehead atoms. The molecule has 0 fully saturated rings. The maximum atomic E-state index is 12.2. The van der Waals surface area contributed by atoms with E-state index in [9.17, 15) is 4.79 Å². The van der Waals surface area contributed by atoms with Gasteiger partial charge in [-0.15, -0.1) is 0 Å². The minimum Gasteiger partial charge on any atom is -0.497 e. The summed E-state index contributed by atoms with van der Waals surface area (Å²) in [6, 6.07) is 11.0. The predicted molar refractivity (Wildman–Crippen MR) is 92.4 cm³/mol. The van der Waals surface area contributed by atoms with E-state index in [1.165, 1.54) is 0 Å². The van der Waals surface area contributed by atoms with Gasteiger partial charge in [-0.05, 0) is 24.1 Å². The number of hydrogen-bond donors (Lipinski definition) is 1. The number of ether oxygens (including phenoxy) is 3. The lowest BCUT2D eigenvalue weighted by atomic mass is 10.1. The van der Waals surface area contributed by atoms with E-state index < -0.39 is 0 Å². The van der Waals surface area contributed by atoms with Gasteiger partial charge in [-0.1, -0.05) is 23.7 Å². The zero-order valence-corrected chi connectivity index (χ0v) is 14.1. The van der Waals surface area contributed by atoms with E-state index in [1.54, 1.807) is 19.2 Å². The van der Waals surface area contributed by atoms with E-state index in [2.05, 4.69) is 5.32 Å². The number of nitrogens with one attached hydrogen (secondary N) is 1. The van der Waals surface area contributed by atoms with Crippen molar-refractivity contribution in [3.63, 3.8) is 0 Å². The van der Waals surface area contributed by atoms with Crippen molar-refractivity contribution in [1.82, 2.24) is 0 Å². The fraction of sp³-hybridized carbons (Fsp3) is 0.278. The van der Waals surface area contributed by atoms with Crippen molar-refractivity contribution in [3.8, 4) is 17.2 Å². The van der Waals surface area contributed by atoms with Gasteiger partial charge in [-0.3, -0.25) is 4.79 Å². The van der Waals surface area contributed by atoms with Crippen LogP contribution in [0, 0.1) is 0 Å². The van der Waals surface area contributed by atoms with E-state index in [4.69, 9.17) is 25.8 Å². The van der Waals surface area contributed by atoms with E-state index in [0.717, 1.165) is 11.3 Å². The maximum absolute atomic E-state index is 12.2. The quantitative estimate of drug-likeness (QED) is 0.896. The Morgan fingerprint density at radius 3 is 2.71 bits per heavy atom. The molecule has 6 heteroatoms. The second kappa shape index (κ2) is 7.45. The van der Waals surface area contributed by atoms with Crippen molar-refractivity contribution in [1.29, 1.82) is 0 Å². The van der Waals surface area contributed by atoms with Crippen molar-refractivity contribution in [2.75, 3.05) is 25.6 Å². The number of anilines is 1. The van der Waals surface area contributed by atoms with Crippen LogP contribution in [0.5, 0.6) is 17.2 Å². The number of carbonyl (C=O) groups excluding carboxylic acids is 1. The van der Waals surface area contributed by atoms with Crippen LogP contribution in [0.25, 0.3) is 0 Å². The first-order chi connectivity index (χ1) is 11.7. The first kappa shape index (κ1) is 16.5. The number of halogens is 1. The third-order valence-electron chi connectivity index (χ3n) is 3.68. The number of rotatable bonds is 5. The van der Waals surface area contributed by atoms with E-state index >= 15 is 0 Å². The molecule has 0 spiro atoms. The molecular weight excluding hydrogens is 330 g/mol. The molecule has 1 amide bonds. The summed E-state index contributed by atoms with van der Waals surface area (Å²) < 4.78 is 16.1. The number of amides is 1. The molecule has 126 valence electrons. The van der Waals surface area contributed by atoms with Crippen LogP contribution >= 0.6 is 11.6 Å². The normalized spacial score (nSPS) is 12.6. The molecule has 0 aliphatic carbocycles. The third kappa shape index (κ3) is 3.92. The molecule has 5 nitrogen and oxygen atoms in total. The molecule has 3 rings (SSSR count). The van der Waals surface area contributed by atoms with Crippen LogP contribution in [-0.4, -0.2) is 26.2 Å². The van der Waals surface area contributed by atoms with Gasteiger partial charge in [-0.2, -0.15) is 0 Å². The van der Waals surface area contributed by atoms with Gasteiger partial charge in [0.1, 0.15) is 19.0 Å². The Hall–Kier alpha value is -2.40. The minimum absolute atomic E-state index is 0.114.